The first kappa shape index (κ1) is 23.5. The highest BCUT2D eigenvalue weighted by Crippen LogP contribution is 2.50. The number of hydrogen-bond donors (Lipinski definition) is 1. The molecule has 5 aliphatic rings. The first-order chi connectivity index (χ1) is 17.2. The molecule has 35 heavy (non-hydrogen) atoms. The molecular formula is C29H41N3O3. The molecule has 3 saturated heterocycles. The van der Waals surface area contributed by atoms with Gasteiger partial charge in [-0.15, -0.1) is 0 Å². The van der Waals surface area contributed by atoms with Crippen LogP contribution in [0, 0.1) is 5.92 Å². The summed E-state index contributed by atoms with van der Waals surface area (Å²) in [6, 6.07) is 8.50. The standard InChI is InChI=1S/C29H41N3O3/c33-27(30-19-21-9-7-17-31-16-6-3-13-25(21)31)26-23-11-1-2-12-24(23)28(34)32(20-22-10-8-18-35-22)29(26)14-4-5-15-29/h1-2,11-12,21-22,25-26H,3-10,13-20H2,(H,30,33)/t21-,22-,25-,26+/m1/s1. The molecule has 0 bridgehead atoms. The van der Waals surface area contributed by atoms with Crippen molar-refractivity contribution in [1.29, 1.82) is 0 Å². The summed E-state index contributed by atoms with van der Waals surface area (Å²) in [5, 5.41) is 3.44. The van der Waals surface area contributed by atoms with E-state index >= 15 is 0 Å². The van der Waals surface area contributed by atoms with Crippen molar-refractivity contribution in [1.82, 2.24) is 15.1 Å². The molecule has 6 heteroatoms. The predicted octanol–water partition coefficient (Wildman–Crippen LogP) is 4.10. The minimum Gasteiger partial charge on any atom is -0.376 e. The minimum atomic E-state index is -0.426. The molecule has 6 rings (SSSR count). The van der Waals surface area contributed by atoms with Gasteiger partial charge in [-0.1, -0.05) is 37.5 Å². The van der Waals surface area contributed by atoms with Crippen LogP contribution in [0.25, 0.3) is 0 Å². The molecule has 0 unspecified atom stereocenters. The normalized spacial score (nSPS) is 32.5. The Morgan fingerprint density at radius 1 is 1.00 bits per heavy atom. The monoisotopic (exact) mass is 479 g/mol. The molecule has 1 aliphatic carbocycles. The van der Waals surface area contributed by atoms with E-state index in [0.717, 1.165) is 57.2 Å². The lowest BCUT2D eigenvalue weighted by molar-refractivity contribution is -0.127. The van der Waals surface area contributed by atoms with E-state index in [1.54, 1.807) is 0 Å². The number of amides is 2. The number of hydrogen-bond acceptors (Lipinski definition) is 4. The molecule has 1 aromatic rings. The molecule has 0 radical (unpaired) electrons. The van der Waals surface area contributed by atoms with Crippen molar-refractivity contribution < 1.29 is 14.3 Å². The second-order valence-corrected chi connectivity index (χ2v) is 11.6. The highest BCUT2D eigenvalue weighted by Gasteiger charge is 2.56. The highest BCUT2D eigenvalue weighted by molar-refractivity contribution is 6.02. The average molecular weight is 480 g/mol. The maximum Gasteiger partial charge on any atom is 0.254 e. The molecule has 1 N–H and O–H groups in total. The van der Waals surface area contributed by atoms with Crippen molar-refractivity contribution >= 4 is 11.8 Å². The highest BCUT2D eigenvalue weighted by atomic mass is 16.5. The number of nitrogens with one attached hydrogen (secondary N) is 1. The lowest BCUT2D eigenvalue weighted by Crippen LogP contribution is -2.62. The molecule has 1 saturated carbocycles. The Hall–Kier alpha value is -1.92. The molecule has 4 atom stereocenters. The summed E-state index contributed by atoms with van der Waals surface area (Å²) >= 11 is 0. The Kier molecular flexibility index (Phi) is 6.61. The first-order valence-electron chi connectivity index (χ1n) is 14.2. The van der Waals surface area contributed by atoms with E-state index in [4.69, 9.17) is 4.74 Å². The van der Waals surface area contributed by atoms with Gasteiger partial charge in [0.25, 0.3) is 5.91 Å². The zero-order chi connectivity index (χ0) is 23.8. The fourth-order valence-corrected chi connectivity index (χ4v) is 8.07. The molecule has 4 aliphatic heterocycles. The second kappa shape index (κ2) is 9.85. The molecule has 190 valence electrons. The number of piperidine rings is 2. The van der Waals surface area contributed by atoms with Crippen molar-refractivity contribution in [2.24, 2.45) is 5.92 Å². The fraction of sp³-hybridized carbons (Fsp3) is 0.724. The van der Waals surface area contributed by atoms with Gasteiger partial charge in [-0.05, 0) is 82.0 Å². The zero-order valence-corrected chi connectivity index (χ0v) is 21.1. The largest absolute Gasteiger partial charge is 0.376 e. The van der Waals surface area contributed by atoms with Crippen LogP contribution < -0.4 is 5.32 Å². The van der Waals surface area contributed by atoms with Crippen LogP contribution >= 0.6 is 0 Å². The van der Waals surface area contributed by atoms with E-state index in [9.17, 15) is 9.59 Å². The number of benzene rings is 1. The molecule has 2 amide bonds. The van der Waals surface area contributed by atoms with E-state index in [0.29, 0.717) is 24.1 Å². The summed E-state index contributed by atoms with van der Waals surface area (Å²) in [7, 11) is 0. The third-order valence-electron chi connectivity index (χ3n) is 9.73. The Balaban J connectivity index is 1.28. The van der Waals surface area contributed by atoms with Gasteiger partial charge in [-0.25, -0.2) is 0 Å². The van der Waals surface area contributed by atoms with Gasteiger partial charge in [0, 0.05) is 31.3 Å². The minimum absolute atomic E-state index is 0.0879. The third kappa shape index (κ3) is 4.21. The predicted molar refractivity (Wildman–Crippen MR) is 135 cm³/mol. The van der Waals surface area contributed by atoms with E-state index in [1.165, 1.54) is 45.2 Å². The summed E-state index contributed by atoms with van der Waals surface area (Å²) in [5.41, 5.74) is 1.22. The van der Waals surface area contributed by atoms with Crippen LogP contribution in [-0.4, -0.2) is 72.1 Å². The number of ether oxygens (including phenoxy) is 1. The third-order valence-corrected chi connectivity index (χ3v) is 9.73. The van der Waals surface area contributed by atoms with Crippen molar-refractivity contribution in [2.45, 2.75) is 94.2 Å². The maximum atomic E-state index is 14.1. The Morgan fingerprint density at radius 2 is 1.83 bits per heavy atom. The lowest BCUT2D eigenvalue weighted by Gasteiger charge is -2.51. The first-order valence-corrected chi connectivity index (χ1v) is 14.2. The van der Waals surface area contributed by atoms with Crippen molar-refractivity contribution in [3.05, 3.63) is 35.4 Å². The zero-order valence-electron chi connectivity index (χ0n) is 21.1. The summed E-state index contributed by atoms with van der Waals surface area (Å²) in [6.07, 6.45) is 12.4. The van der Waals surface area contributed by atoms with E-state index < -0.39 is 5.54 Å². The van der Waals surface area contributed by atoms with Crippen LogP contribution in [0.1, 0.15) is 92.5 Å². The Bertz CT molecular complexity index is 935. The summed E-state index contributed by atoms with van der Waals surface area (Å²) in [6.45, 7) is 4.58. The van der Waals surface area contributed by atoms with Gasteiger partial charge in [0.1, 0.15) is 0 Å². The molecule has 0 aromatic heterocycles. The van der Waals surface area contributed by atoms with Gasteiger partial charge in [0.15, 0.2) is 0 Å². The van der Waals surface area contributed by atoms with E-state index in [1.807, 2.05) is 24.3 Å². The van der Waals surface area contributed by atoms with Crippen molar-refractivity contribution in [2.75, 3.05) is 32.8 Å². The number of carbonyl (C=O) groups excluding carboxylic acids is 2. The van der Waals surface area contributed by atoms with Crippen LogP contribution in [0.5, 0.6) is 0 Å². The van der Waals surface area contributed by atoms with Gasteiger partial charge in [-0.3, -0.25) is 9.59 Å². The molecule has 6 nitrogen and oxygen atoms in total. The van der Waals surface area contributed by atoms with Crippen molar-refractivity contribution in [3.8, 4) is 0 Å². The molecular weight excluding hydrogens is 438 g/mol. The molecule has 1 spiro atoms. The summed E-state index contributed by atoms with van der Waals surface area (Å²) in [4.78, 5) is 32.7. The van der Waals surface area contributed by atoms with Crippen LogP contribution in [0.15, 0.2) is 24.3 Å². The van der Waals surface area contributed by atoms with Gasteiger partial charge >= 0.3 is 0 Å². The van der Waals surface area contributed by atoms with Crippen LogP contribution in [-0.2, 0) is 9.53 Å². The number of rotatable bonds is 5. The molecule has 1 aromatic carbocycles. The van der Waals surface area contributed by atoms with Gasteiger partial charge < -0.3 is 19.9 Å². The SMILES string of the molecule is O=C(NC[C@H]1CCCN2CCCC[C@H]12)[C@@H]1c2ccccc2C(=O)N(C[C@H]2CCCO2)C12CCCC2. The lowest BCUT2D eigenvalue weighted by atomic mass is 9.70. The van der Waals surface area contributed by atoms with Gasteiger partial charge in [0.05, 0.1) is 17.6 Å². The fourth-order valence-electron chi connectivity index (χ4n) is 8.07. The van der Waals surface area contributed by atoms with E-state index in [-0.39, 0.29) is 23.8 Å². The topological polar surface area (TPSA) is 61.9 Å². The van der Waals surface area contributed by atoms with Gasteiger partial charge in [-0.2, -0.15) is 0 Å². The number of fused-ring (bicyclic) bond motifs is 2. The Morgan fingerprint density at radius 3 is 2.66 bits per heavy atom. The smallest absolute Gasteiger partial charge is 0.254 e. The molecule has 4 heterocycles. The summed E-state index contributed by atoms with van der Waals surface area (Å²) in [5.74, 6) is 0.451. The maximum absolute atomic E-state index is 14.1. The Labute approximate surface area is 209 Å². The second-order valence-electron chi connectivity index (χ2n) is 11.6. The quantitative estimate of drug-likeness (QED) is 0.691. The van der Waals surface area contributed by atoms with E-state index in [2.05, 4.69) is 15.1 Å². The van der Waals surface area contributed by atoms with Crippen LogP contribution in [0.4, 0.5) is 0 Å². The van der Waals surface area contributed by atoms with Gasteiger partial charge in [0.2, 0.25) is 5.91 Å². The van der Waals surface area contributed by atoms with Crippen LogP contribution in [0.2, 0.25) is 0 Å². The van der Waals surface area contributed by atoms with Crippen LogP contribution in [0.3, 0.4) is 0 Å². The number of nitrogens with zero attached hydrogens (tertiary/aromatic N) is 2. The average Bonchev–Trinajstić information content (AvgIpc) is 3.58. The number of carbonyl (C=O) groups is 2. The summed E-state index contributed by atoms with van der Waals surface area (Å²) < 4.78 is 5.97. The van der Waals surface area contributed by atoms with Crippen molar-refractivity contribution in [3.63, 3.8) is 0 Å². The molecule has 4 fully saturated rings.